The van der Waals surface area contributed by atoms with E-state index in [1.165, 1.54) is 0 Å². The summed E-state index contributed by atoms with van der Waals surface area (Å²) in [4.78, 5) is 13.4. The van der Waals surface area contributed by atoms with Crippen LogP contribution in [-0.2, 0) is 4.74 Å². The van der Waals surface area contributed by atoms with E-state index >= 15 is 0 Å². The van der Waals surface area contributed by atoms with Gasteiger partial charge in [-0.15, -0.1) is 6.42 Å². The molecule has 1 aliphatic rings. The van der Waals surface area contributed by atoms with Crippen LogP contribution in [0.1, 0.15) is 48.0 Å². The van der Waals surface area contributed by atoms with Gasteiger partial charge in [-0.1, -0.05) is 19.8 Å². The number of carbonyl (C=O) groups is 1. The Morgan fingerprint density at radius 2 is 1.94 bits per heavy atom. The molecule has 0 radical (unpaired) electrons. The van der Waals surface area contributed by atoms with E-state index in [9.17, 15) is 4.79 Å². The lowest BCUT2D eigenvalue weighted by atomic mass is 9.91. The van der Waals surface area contributed by atoms with Gasteiger partial charge < -0.3 is 9.64 Å². The van der Waals surface area contributed by atoms with Gasteiger partial charge in [0, 0.05) is 18.5 Å². The van der Waals surface area contributed by atoms with Crippen LogP contribution < -0.4 is 0 Å². The molecule has 1 saturated heterocycles. The summed E-state index contributed by atoms with van der Waals surface area (Å²) in [6, 6.07) is 0. The Kier molecular flexibility index (Phi) is 5.54. The summed E-state index contributed by atoms with van der Waals surface area (Å²) < 4.78 is 5.28. The lowest BCUT2D eigenvalue weighted by molar-refractivity contribution is 0.0283. The monoisotopic (exact) mass is 239 g/mol. The SMILES string of the molecule is C#CC1(C)CCN(C(=O)OC(C)(C)C)C1.CC. The van der Waals surface area contributed by atoms with Crippen molar-refractivity contribution in [1.29, 1.82) is 0 Å². The molecule has 1 rings (SSSR count). The molecule has 17 heavy (non-hydrogen) atoms. The molecule has 0 spiro atoms. The number of rotatable bonds is 0. The third kappa shape index (κ3) is 5.12. The first kappa shape index (κ1) is 15.8. The number of likely N-dealkylation sites (tertiary alicyclic amines) is 1. The Balaban J connectivity index is 0.00000121. The molecule has 0 N–H and O–H groups in total. The first-order valence-corrected chi connectivity index (χ1v) is 6.21. The summed E-state index contributed by atoms with van der Waals surface area (Å²) in [5.41, 5.74) is -0.622. The molecule has 0 aromatic rings. The zero-order valence-electron chi connectivity index (χ0n) is 12.0. The highest BCUT2D eigenvalue weighted by Crippen LogP contribution is 2.29. The van der Waals surface area contributed by atoms with Crippen molar-refractivity contribution >= 4 is 6.09 Å². The number of terminal acetylenes is 1. The van der Waals surface area contributed by atoms with E-state index in [0.717, 1.165) is 6.42 Å². The van der Waals surface area contributed by atoms with Crippen molar-refractivity contribution in [3.63, 3.8) is 0 Å². The standard InChI is InChI=1S/C12H19NO2.C2H6/c1-6-12(5)7-8-13(9-12)10(14)15-11(2,3)4;1-2/h1H,7-9H2,2-5H3;1-2H3. The molecule has 1 aliphatic heterocycles. The van der Waals surface area contributed by atoms with Gasteiger partial charge in [0.2, 0.25) is 0 Å². The normalized spacial score (nSPS) is 23.5. The first-order valence-electron chi connectivity index (χ1n) is 6.21. The van der Waals surface area contributed by atoms with Crippen molar-refractivity contribution in [3.8, 4) is 12.3 Å². The van der Waals surface area contributed by atoms with Crippen LogP contribution >= 0.6 is 0 Å². The van der Waals surface area contributed by atoms with E-state index in [4.69, 9.17) is 11.2 Å². The van der Waals surface area contributed by atoms with Crippen LogP contribution in [0.25, 0.3) is 0 Å². The lowest BCUT2D eigenvalue weighted by Gasteiger charge is -2.25. The van der Waals surface area contributed by atoms with Gasteiger partial charge in [-0.05, 0) is 34.1 Å². The Bertz CT molecular complexity index is 298. The average Bonchev–Trinajstić information content (AvgIpc) is 2.63. The van der Waals surface area contributed by atoms with Crippen LogP contribution in [0.2, 0.25) is 0 Å². The van der Waals surface area contributed by atoms with E-state index in [0.29, 0.717) is 13.1 Å². The molecule has 0 aliphatic carbocycles. The summed E-state index contributed by atoms with van der Waals surface area (Å²) in [6.07, 6.45) is 6.02. The summed E-state index contributed by atoms with van der Waals surface area (Å²) in [5, 5.41) is 0. The summed E-state index contributed by atoms with van der Waals surface area (Å²) in [5.74, 6) is 2.74. The molecule has 1 heterocycles. The van der Waals surface area contributed by atoms with Gasteiger partial charge in [0.15, 0.2) is 0 Å². The Morgan fingerprint density at radius 1 is 1.41 bits per heavy atom. The minimum atomic E-state index is -0.438. The van der Waals surface area contributed by atoms with Crippen LogP contribution in [-0.4, -0.2) is 29.7 Å². The maximum Gasteiger partial charge on any atom is 0.410 e. The number of hydrogen-bond acceptors (Lipinski definition) is 2. The highest BCUT2D eigenvalue weighted by atomic mass is 16.6. The minimum Gasteiger partial charge on any atom is -0.444 e. The zero-order valence-corrected chi connectivity index (χ0v) is 12.0. The zero-order chi connectivity index (χ0) is 13.7. The summed E-state index contributed by atoms with van der Waals surface area (Å²) in [6.45, 7) is 12.9. The number of hydrogen-bond donors (Lipinski definition) is 0. The van der Waals surface area contributed by atoms with E-state index in [1.807, 2.05) is 41.5 Å². The Hall–Kier alpha value is -1.17. The van der Waals surface area contributed by atoms with Crippen molar-refractivity contribution in [2.75, 3.05) is 13.1 Å². The molecule has 0 saturated carbocycles. The van der Waals surface area contributed by atoms with Gasteiger partial charge in [0.25, 0.3) is 0 Å². The van der Waals surface area contributed by atoms with Crippen molar-refractivity contribution in [3.05, 3.63) is 0 Å². The quantitative estimate of drug-likeness (QED) is 0.607. The lowest BCUT2D eigenvalue weighted by Crippen LogP contribution is -2.36. The molecule has 0 aromatic heterocycles. The first-order chi connectivity index (χ1) is 7.76. The molecule has 0 bridgehead atoms. The molecule has 1 amide bonds. The van der Waals surface area contributed by atoms with Gasteiger partial charge in [-0.2, -0.15) is 0 Å². The summed E-state index contributed by atoms with van der Waals surface area (Å²) >= 11 is 0. The van der Waals surface area contributed by atoms with Crippen molar-refractivity contribution in [2.24, 2.45) is 5.41 Å². The molecular weight excluding hydrogens is 214 g/mol. The molecule has 1 unspecified atom stereocenters. The second-order valence-electron chi connectivity index (χ2n) is 5.36. The van der Waals surface area contributed by atoms with Crippen molar-refractivity contribution < 1.29 is 9.53 Å². The third-order valence-electron chi connectivity index (χ3n) is 2.47. The van der Waals surface area contributed by atoms with Crippen molar-refractivity contribution in [2.45, 2.75) is 53.6 Å². The van der Waals surface area contributed by atoms with Crippen LogP contribution in [0.3, 0.4) is 0 Å². The fraction of sp³-hybridized carbons (Fsp3) is 0.786. The van der Waals surface area contributed by atoms with Crippen molar-refractivity contribution in [1.82, 2.24) is 4.90 Å². The number of carbonyl (C=O) groups excluding carboxylic acids is 1. The smallest absolute Gasteiger partial charge is 0.410 e. The van der Waals surface area contributed by atoms with Crippen LogP contribution in [0.15, 0.2) is 0 Å². The molecule has 0 aromatic carbocycles. The van der Waals surface area contributed by atoms with Crippen LogP contribution in [0.5, 0.6) is 0 Å². The molecule has 98 valence electrons. The second-order valence-corrected chi connectivity index (χ2v) is 5.36. The van der Waals surface area contributed by atoms with Gasteiger partial charge in [0.1, 0.15) is 5.60 Å². The second kappa shape index (κ2) is 5.95. The number of nitrogens with zero attached hydrogens (tertiary/aromatic N) is 1. The Morgan fingerprint density at radius 3 is 2.29 bits per heavy atom. The van der Waals surface area contributed by atoms with Crippen LogP contribution in [0.4, 0.5) is 4.79 Å². The fourth-order valence-electron chi connectivity index (χ4n) is 1.56. The molecule has 3 nitrogen and oxygen atoms in total. The predicted octanol–water partition coefficient (Wildman–Crippen LogP) is 3.29. The van der Waals surface area contributed by atoms with Crippen LogP contribution in [0, 0.1) is 17.8 Å². The Labute approximate surface area is 106 Å². The molecule has 1 fully saturated rings. The van der Waals surface area contributed by atoms with Gasteiger partial charge in [-0.25, -0.2) is 4.79 Å². The van der Waals surface area contributed by atoms with E-state index in [2.05, 4.69) is 5.92 Å². The molecule has 1 atom stereocenters. The summed E-state index contributed by atoms with van der Waals surface area (Å²) in [7, 11) is 0. The fourth-order valence-corrected chi connectivity index (χ4v) is 1.56. The number of amides is 1. The van der Waals surface area contributed by atoms with Gasteiger partial charge in [0.05, 0.1) is 0 Å². The van der Waals surface area contributed by atoms with Gasteiger partial charge in [-0.3, -0.25) is 0 Å². The highest BCUT2D eigenvalue weighted by molar-refractivity contribution is 5.68. The van der Waals surface area contributed by atoms with Gasteiger partial charge >= 0.3 is 6.09 Å². The van der Waals surface area contributed by atoms with E-state index < -0.39 is 5.60 Å². The third-order valence-corrected chi connectivity index (χ3v) is 2.47. The largest absolute Gasteiger partial charge is 0.444 e. The molecular formula is C14H25NO2. The maximum atomic E-state index is 11.7. The molecule has 3 heteroatoms. The van der Waals surface area contributed by atoms with E-state index in [1.54, 1.807) is 4.90 Å². The minimum absolute atomic E-state index is 0.184. The number of ether oxygens (including phenoxy) is 1. The highest BCUT2D eigenvalue weighted by Gasteiger charge is 2.36. The predicted molar refractivity (Wildman–Crippen MR) is 70.7 cm³/mol. The topological polar surface area (TPSA) is 29.5 Å². The maximum absolute atomic E-state index is 11.7. The van der Waals surface area contributed by atoms with E-state index in [-0.39, 0.29) is 11.5 Å². The average molecular weight is 239 g/mol.